The van der Waals surface area contributed by atoms with Crippen LogP contribution in [0.2, 0.25) is 0 Å². The molecule has 0 amide bonds. The lowest BCUT2D eigenvalue weighted by atomic mass is 9.99. The summed E-state index contributed by atoms with van der Waals surface area (Å²) in [7, 11) is 1.61. The Morgan fingerprint density at radius 3 is 2.68 bits per heavy atom. The SMILES string of the molecule is COc1cccc2cc(/C=C(/C(C)=O)C(C)C)oc12. The lowest BCUT2D eigenvalue weighted by Crippen LogP contribution is -2.03. The number of furan rings is 1. The molecule has 0 aliphatic carbocycles. The maximum atomic E-state index is 11.6. The molecular weight excluding hydrogens is 240 g/mol. The predicted octanol–water partition coefficient (Wildman–Crippen LogP) is 4.07. The molecule has 0 radical (unpaired) electrons. The highest BCUT2D eigenvalue weighted by molar-refractivity contribution is 5.98. The van der Waals surface area contributed by atoms with E-state index in [4.69, 9.17) is 9.15 Å². The molecule has 0 unspecified atom stereocenters. The van der Waals surface area contributed by atoms with Crippen molar-refractivity contribution in [3.8, 4) is 5.75 Å². The van der Waals surface area contributed by atoms with Gasteiger partial charge in [-0.1, -0.05) is 26.0 Å². The van der Waals surface area contributed by atoms with E-state index < -0.39 is 0 Å². The van der Waals surface area contributed by atoms with Gasteiger partial charge in [-0.05, 0) is 31.1 Å². The summed E-state index contributed by atoms with van der Waals surface area (Å²) in [5.74, 6) is 1.62. The quantitative estimate of drug-likeness (QED) is 0.776. The second kappa shape index (κ2) is 5.31. The van der Waals surface area contributed by atoms with Gasteiger partial charge in [0.25, 0.3) is 0 Å². The van der Waals surface area contributed by atoms with Gasteiger partial charge in [0.05, 0.1) is 7.11 Å². The first-order valence-electron chi connectivity index (χ1n) is 6.32. The van der Waals surface area contributed by atoms with E-state index in [0.717, 1.165) is 11.0 Å². The summed E-state index contributed by atoms with van der Waals surface area (Å²) in [5.41, 5.74) is 1.47. The number of carbonyl (C=O) groups is 1. The standard InChI is InChI=1S/C16H18O3/c1-10(2)14(11(3)17)9-13-8-12-6-5-7-15(18-4)16(12)19-13/h5-10H,1-4H3/b14-9+. The molecule has 0 aliphatic heterocycles. The van der Waals surface area contributed by atoms with E-state index in [9.17, 15) is 4.79 Å². The molecule has 3 heteroatoms. The molecule has 2 aromatic rings. The number of carbonyl (C=O) groups excluding carboxylic acids is 1. The summed E-state index contributed by atoms with van der Waals surface area (Å²) in [6.45, 7) is 5.57. The maximum Gasteiger partial charge on any atom is 0.176 e. The molecular formula is C16H18O3. The van der Waals surface area contributed by atoms with Crippen molar-refractivity contribution < 1.29 is 13.9 Å². The third-order valence-corrected chi connectivity index (χ3v) is 3.07. The average molecular weight is 258 g/mol. The Morgan fingerprint density at radius 1 is 1.37 bits per heavy atom. The minimum absolute atomic E-state index is 0.0717. The summed E-state index contributed by atoms with van der Waals surface area (Å²) in [6, 6.07) is 7.65. The lowest BCUT2D eigenvalue weighted by molar-refractivity contribution is -0.113. The molecule has 0 saturated carbocycles. The van der Waals surface area contributed by atoms with Crippen LogP contribution in [0.25, 0.3) is 17.0 Å². The third-order valence-electron chi connectivity index (χ3n) is 3.07. The fourth-order valence-corrected chi connectivity index (χ4v) is 2.12. The van der Waals surface area contributed by atoms with Gasteiger partial charge in [0.1, 0.15) is 5.76 Å². The largest absolute Gasteiger partial charge is 0.493 e. The molecule has 0 aliphatic rings. The number of allylic oxidation sites excluding steroid dienone is 1. The lowest BCUT2D eigenvalue weighted by Gasteiger charge is -2.05. The minimum atomic E-state index is 0.0717. The molecule has 2 rings (SSSR count). The fourth-order valence-electron chi connectivity index (χ4n) is 2.12. The molecule has 1 aromatic carbocycles. The highest BCUT2D eigenvalue weighted by Crippen LogP contribution is 2.30. The van der Waals surface area contributed by atoms with Crippen LogP contribution >= 0.6 is 0 Å². The van der Waals surface area contributed by atoms with E-state index >= 15 is 0 Å². The second-order valence-electron chi connectivity index (χ2n) is 4.84. The smallest absolute Gasteiger partial charge is 0.176 e. The first kappa shape index (κ1) is 13.4. The summed E-state index contributed by atoms with van der Waals surface area (Å²) in [4.78, 5) is 11.6. The molecule has 0 spiro atoms. The van der Waals surface area contributed by atoms with Gasteiger partial charge in [0, 0.05) is 11.0 Å². The Labute approximate surface area is 112 Å². The van der Waals surface area contributed by atoms with Gasteiger partial charge in [-0.15, -0.1) is 0 Å². The number of hydrogen-bond donors (Lipinski definition) is 0. The Bertz CT molecular complexity index is 632. The van der Waals surface area contributed by atoms with Crippen molar-refractivity contribution in [3.63, 3.8) is 0 Å². The summed E-state index contributed by atoms with van der Waals surface area (Å²) in [5, 5.41) is 0.970. The Morgan fingerprint density at radius 2 is 2.11 bits per heavy atom. The number of fused-ring (bicyclic) bond motifs is 1. The van der Waals surface area contributed by atoms with Crippen LogP contribution in [0.15, 0.2) is 34.3 Å². The highest BCUT2D eigenvalue weighted by atomic mass is 16.5. The molecule has 100 valence electrons. The van der Waals surface area contributed by atoms with Crippen molar-refractivity contribution in [2.45, 2.75) is 20.8 Å². The normalized spacial score (nSPS) is 12.2. The molecule has 19 heavy (non-hydrogen) atoms. The van der Waals surface area contributed by atoms with Crippen molar-refractivity contribution in [2.75, 3.05) is 7.11 Å². The zero-order valence-corrected chi connectivity index (χ0v) is 11.7. The fraction of sp³-hybridized carbons (Fsp3) is 0.312. The van der Waals surface area contributed by atoms with Crippen LogP contribution < -0.4 is 4.74 Å². The molecule has 0 saturated heterocycles. The van der Waals surface area contributed by atoms with E-state index in [1.54, 1.807) is 14.0 Å². The van der Waals surface area contributed by atoms with E-state index in [1.807, 2.05) is 44.2 Å². The number of benzene rings is 1. The van der Waals surface area contributed by atoms with Crippen molar-refractivity contribution >= 4 is 22.8 Å². The number of Topliss-reactive ketones (excluding diaryl/α,β-unsaturated/α-hetero) is 1. The van der Waals surface area contributed by atoms with Gasteiger partial charge >= 0.3 is 0 Å². The zero-order valence-electron chi connectivity index (χ0n) is 11.7. The number of hydrogen-bond acceptors (Lipinski definition) is 3. The molecule has 1 aromatic heterocycles. The molecule has 0 bridgehead atoms. The van der Waals surface area contributed by atoms with Gasteiger partial charge in [-0.3, -0.25) is 4.79 Å². The minimum Gasteiger partial charge on any atom is -0.493 e. The number of methoxy groups -OCH3 is 1. The van der Waals surface area contributed by atoms with E-state index in [2.05, 4.69) is 0 Å². The van der Waals surface area contributed by atoms with Crippen LogP contribution in [0, 0.1) is 5.92 Å². The van der Waals surface area contributed by atoms with Crippen LogP contribution in [-0.2, 0) is 4.79 Å². The van der Waals surface area contributed by atoms with Crippen molar-refractivity contribution in [3.05, 3.63) is 35.6 Å². The van der Waals surface area contributed by atoms with Crippen molar-refractivity contribution in [2.24, 2.45) is 5.92 Å². The molecule has 0 atom stereocenters. The van der Waals surface area contributed by atoms with Crippen molar-refractivity contribution in [1.29, 1.82) is 0 Å². The molecule has 1 heterocycles. The predicted molar refractivity (Wildman–Crippen MR) is 76.3 cm³/mol. The van der Waals surface area contributed by atoms with Crippen LogP contribution in [-0.4, -0.2) is 12.9 Å². The number of ether oxygens (including phenoxy) is 1. The van der Waals surface area contributed by atoms with Crippen molar-refractivity contribution in [1.82, 2.24) is 0 Å². The number of ketones is 1. The molecule has 0 fully saturated rings. The Balaban J connectivity index is 2.52. The summed E-state index contributed by atoms with van der Waals surface area (Å²) >= 11 is 0. The second-order valence-corrected chi connectivity index (χ2v) is 4.84. The van der Waals surface area contributed by atoms with Crippen LogP contribution in [0.3, 0.4) is 0 Å². The van der Waals surface area contributed by atoms with Gasteiger partial charge in [0.15, 0.2) is 17.1 Å². The average Bonchev–Trinajstić information content (AvgIpc) is 2.77. The Kier molecular flexibility index (Phi) is 3.74. The molecule has 0 N–H and O–H groups in total. The van der Waals surface area contributed by atoms with Gasteiger partial charge in [0.2, 0.25) is 0 Å². The number of rotatable bonds is 4. The van der Waals surface area contributed by atoms with Gasteiger partial charge < -0.3 is 9.15 Å². The first-order valence-corrected chi connectivity index (χ1v) is 6.32. The van der Waals surface area contributed by atoms with E-state index in [-0.39, 0.29) is 11.7 Å². The van der Waals surface area contributed by atoms with Crippen LogP contribution in [0.5, 0.6) is 5.75 Å². The monoisotopic (exact) mass is 258 g/mol. The Hall–Kier alpha value is -2.03. The molecule has 3 nitrogen and oxygen atoms in total. The van der Waals surface area contributed by atoms with E-state index in [1.165, 1.54) is 0 Å². The third kappa shape index (κ3) is 2.70. The zero-order chi connectivity index (χ0) is 14.0. The van der Waals surface area contributed by atoms with E-state index in [0.29, 0.717) is 17.1 Å². The van der Waals surface area contributed by atoms with Gasteiger partial charge in [-0.2, -0.15) is 0 Å². The topological polar surface area (TPSA) is 39.4 Å². The summed E-state index contributed by atoms with van der Waals surface area (Å²) < 4.78 is 11.0. The van der Waals surface area contributed by atoms with Gasteiger partial charge in [-0.25, -0.2) is 0 Å². The summed E-state index contributed by atoms with van der Waals surface area (Å²) in [6.07, 6.45) is 1.81. The van der Waals surface area contributed by atoms with Crippen LogP contribution in [0.1, 0.15) is 26.5 Å². The van der Waals surface area contributed by atoms with Crippen LogP contribution in [0.4, 0.5) is 0 Å². The number of para-hydroxylation sites is 1. The first-order chi connectivity index (χ1) is 9.02. The maximum absolute atomic E-state index is 11.6. The highest BCUT2D eigenvalue weighted by Gasteiger charge is 2.12.